The summed E-state index contributed by atoms with van der Waals surface area (Å²) in [5, 5.41) is 0.933. The Bertz CT molecular complexity index is 409. The standard InChI is InChI=1S/C12H16Cl2N2O2.ClH/c1-8(6-15)16(2)12(17)7-18-11-4-9(13)3-10(14)5-11;/h3-5,8H,6-7,15H2,1-2H3;1H. The number of hydrogen-bond donors (Lipinski definition) is 1. The molecule has 1 aromatic carbocycles. The molecule has 7 heteroatoms. The lowest BCUT2D eigenvalue weighted by atomic mass is 10.3. The first-order chi connectivity index (χ1) is 8.43. The first kappa shape index (κ1) is 18.3. The molecule has 4 nitrogen and oxygen atoms in total. The highest BCUT2D eigenvalue weighted by atomic mass is 35.5. The van der Waals surface area contributed by atoms with Crippen molar-refractivity contribution in [2.24, 2.45) is 5.73 Å². The van der Waals surface area contributed by atoms with Crippen molar-refractivity contribution in [3.05, 3.63) is 28.2 Å². The molecule has 1 rings (SSSR count). The van der Waals surface area contributed by atoms with Gasteiger partial charge in [0.2, 0.25) is 0 Å². The minimum absolute atomic E-state index is 0. The van der Waals surface area contributed by atoms with Crippen LogP contribution < -0.4 is 10.5 Å². The minimum Gasteiger partial charge on any atom is -0.484 e. The maximum Gasteiger partial charge on any atom is 0.260 e. The van der Waals surface area contributed by atoms with Gasteiger partial charge in [0.1, 0.15) is 5.75 Å². The SMILES string of the molecule is CC(CN)N(C)C(=O)COc1cc(Cl)cc(Cl)c1.Cl. The number of rotatable bonds is 5. The zero-order valence-corrected chi connectivity index (χ0v) is 13.1. The Balaban J connectivity index is 0.00000324. The third kappa shape index (κ3) is 5.87. The van der Waals surface area contributed by atoms with Gasteiger partial charge in [0, 0.05) is 29.7 Å². The van der Waals surface area contributed by atoms with E-state index in [4.69, 9.17) is 33.7 Å². The Morgan fingerprint density at radius 1 is 1.37 bits per heavy atom. The van der Waals surface area contributed by atoms with Crippen LogP contribution in [-0.2, 0) is 4.79 Å². The van der Waals surface area contributed by atoms with Crippen LogP contribution in [0.15, 0.2) is 18.2 Å². The third-order valence-electron chi connectivity index (χ3n) is 2.59. The lowest BCUT2D eigenvalue weighted by molar-refractivity contribution is -0.133. The molecule has 0 bridgehead atoms. The number of nitrogens with two attached hydrogens (primary N) is 1. The van der Waals surface area contributed by atoms with Crippen molar-refractivity contribution in [1.29, 1.82) is 0 Å². The minimum atomic E-state index is -0.149. The van der Waals surface area contributed by atoms with Crippen molar-refractivity contribution in [3.8, 4) is 5.75 Å². The van der Waals surface area contributed by atoms with Crippen molar-refractivity contribution < 1.29 is 9.53 Å². The van der Waals surface area contributed by atoms with Crippen LogP contribution in [0.3, 0.4) is 0 Å². The largest absolute Gasteiger partial charge is 0.484 e. The number of likely N-dealkylation sites (N-methyl/N-ethyl adjacent to an activating group) is 1. The monoisotopic (exact) mass is 326 g/mol. The molecule has 1 atom stereocenters. The molecule has 0 radical (unpaired) electrons. The number of carbonyl (C=O) groups excluding carboxylic acids is 1. The predicted octanol–water partition coefficient (Wildman–Crippen LogP) is 2.60. The molecule has 1 aromatic rings. The number of amides is 1. The van der Waals surface area contributed by atoms with Gasteiger partial charge in [-0.3, -0.25) is 4.79 Å². The van der Waals surface area contributed by atoms with Crippen LogP contribution in [0.2, 0.25) is 10.0 Å². The summed E-state index contributed by atoms with van der Waals surface area (Å²) in [6, 6.07) is 4.78. The van der Waals surface area contributed by atoms with E-state index in [9.17, 15) is 4.79 Å². The van der Waals surface area contributed by atoms with Crippen LogP contribution in [0.4, 0.5) is 0 Å². The van der Waals surface area contributed by atoms with Gasteiger partial charge >= 0.3 is 0 Å². The molecule has 0 saturated heterocycles. The van der Waals surface area contributed by atoms with E-state index in [1.807, 2.05) is 6.92 Å². The summed E-state index contributed by atoms with van der Waals surface area (Å²) in [6.07, 6.45) is 0. The summed E-state index contributed by atoms with van der Waals surface area (Å²) in [5.41, 5.74) is 5.49. The van der Waals surface area contributed by atoms with Crippen LogP contribution >= 0.6 is 35.6 Å². The van der Waals surface area contributed by atoms with Gasteiger partial charge in [0.05, 0.1) is 0 Å². The molecular formula is C12H17Cl3N2O2. The number of nitrogens with zero attached hydrogens (tertiary/aromatic N) is 1. The fraction of sp³-hybridized carbons (Fsp3) is 0.417. The van der Waals surface area contributed by atoms with Crippen LogP contribution in [0.1, 0.15) is 6.92 Å². The highest BCUT2D eigenvalue weighted by Crippen LogP contribution is 2.24. The van der Waals surface area contributed by atoms with Crippen LogP contribution in [0, 0.1) is 0 Å². The average Bonchev–Trinajstić information content (AvgIpc) is 2.32. The first-order valence-electron chi connectivity index (χ1n) is 5.48. The van der Waals surface area contributed by atoms with E-state index in [0.717, 1.165) is 0 Å². The molecule has 2 N–H and O–H groups in total. The van der Waals surface area contributed by atoms with Gasteiger partial charge in [0.25, 0.3) is 5.91 Å². The molecule has 19 heavy (non-hydrogen) atoms. The second kappa shape index (κ2) is 8.48. The predicted molar refractivity (Wildman–Crippen MR) is 80.5 cm³/mol. The normalized spacial score (nSPS) is 11.4. The van der Waals surface area contributed by atoms with Crippen LogP contribution in [0.25, 0.3) is 0 Å². The maximum absolute atomic E-state index is 11.8. The number of benzene rings is 1. The van der Waals surface area contributed by atoms with Crippen molar-refractivity contribution >= 4 is 41.5 Å². The quantitative estimate of drug-likeness (QED) is 0.904. The number of hydrogen-bond acceptors (Lipinski definition) is 3. The highest BCUT2D eigenvalue weighted by molar-refractivity contribution is 6.34. The van der Waals surface area contributed by atoms with Gasteiger partial charge in [-0.25, -0.2) is 0 Å². The lowest BCUT2D eigenvalue weighted by Crippen LogP contribution is -2.42. The topological polar surface area (TPSA) is 55.6 Å². The van der Waals surface area contributed by atoms with Gasteiger partial charge in [-0.05, 0) is 25.1 Å². The van der Waals surface area contributed by atoms with Crippen molar-refractivity contribution in [3.63, 3.8) is 0 Å². The Morgan fingerprint density at radius 3 is 2.37 bits per heavy atom. The van der Waals surface area contributed by atoms with E-state index >= 15 is 0 Å². The Morgan fingerprint density at radius 2 is 1.89 bits per heavy atom. The summed E-state index contributed by atoms with van der Waals surface area (Å²) in [7, 11) is 1.69. The van der Waals surface area contributed by atoms with E-state index in [1.54, 1.807) is 30.1 Å². The van der Waals surface area contributed by atoms with Gasteiger partial charge < -0.3 is 15.4 Å². The van der Waals surface area contributed by atoms with E-state index in [0.29, 0.717) is 22.3 Å². The molecule has 0 spiro atoms. The molecule has 1 amide bonds. The third-order valence-corrected chi connectivity index (χ3v) is 3.03. The summed E-state index contributed by atoms with van der Waals surface area (Å²) in [4.78, 5) is 13.3. The average molecular weight is 328 g/mol. The summed E-state index contributed by atoms with van der Waals surface area (Å²) >= 11 is 11.6. The highest BCUT2D eigenvalue weighted by Gasteiger charge is 2.14. The molecule has 1 unspecified atom stereocenters. The molecule has 0 aromatic heterocycles. The Kier molecular flexibility index (Phi) is 8.18. The Labute approximate surface area is 129 Å². The van der Waals surface area contributed by atoms with E-state index in [2.05, 4.69) is 0 Å². The number of carbonyl (C=O) groups is 1. The van der Waals surface area contributed by atoms with Gasteiger partial charge in [0.15, 0.2) is 6.61 Å². The fourth-order valence-corrected chi connectivity index (χ4v) is 1.77. The van der Waals surface area contributed by atoms with E-state index in [-0.39, 0.29) is 31.0 Å². The van der Waals surface area contributed by atoms with E-state index < -0.39 is 0 Å². The second-order valence-corrected chi connectivity index (χ2v) is 4.86. The van der Waals surface area contributed by atoms with Crippen molar-refractivity contribution in [1.82, 2.24) is 4.90 Å². The fourth-order valence-electron chi connectivity index (χ4n) is 1.26. The summed E-state index contributed by atoms with van der Waals surface area (Å²) < 4.78 is 5.34. The zero-order valence-electron chi connectivity index (χ0n) is 10.7. The zero-order chi connectivity index (χ0) is 13.7. The van der Waals surface area contributed by atoms with Gasteiger partial charge in [-0.15, -0.1) is 12.4 Å². The molecule has 0 fully saturated rings. The van der Waals surface area contributed by atoms with E-state index in [1.165, 1.54) is 0 Å². The first-order valence-corrected chi connectivity index (χ1v) is 6.24. The molecule has 0 aliphatic rings. The van der Waals surface area contributed by atoms with Crippen molar-refractivity contribution in [2.45, 2.75) is 13.0 Å². The molecule has 0 aliphatic heterocycles. The van der Waals surface area contributed by atoms with Crippen LogP contribution in [-0.4, -0.2) is 37.0 Å². The smallest absolute Gasteiger partial charge is 0.260 e. The Hall–Kier alpha value is -0.680. The molecule has 108 valence electrons. The molecular weight excluding hydrogens is 311 g/mol. The molecule has 0 heterocycles. The lowest BCUT2D eigenvalue weighted by Gasteiger charge is -2.23. The number of halogens is 3. The van der Waals surface area contributed by atoms with Crippen LogP contribution in [0.5, 0.6) is 5.75 Å². The maximum atomic E-state index is 11.8. The van der Waals surface area contributed by atoms with Gasteiger partial charge in [-0.2, -0.15) is 0 Å². The summed E-state index contributed by atoms with van der Waals surface area (Å²) in [5.74, 6) is 0.318. The van der Waals surface area contributed by atoms with Gasteiger partial charge in [-0.1, -0.05) is 23.2 Å². The number of ether oxygens (including phenoxy) is 1. The van der Waals surface area contributed by atoms with Crippen molar-refractivity contribution in [2.75, 3.05) is 20.2 Å². The molecule has 0 aliphatic carbocycles. The molecule has 0 saturated carbocycles. The summed E-state index contributed by atoms with van der Waals surface area (Å²) in [6.45, 7) is 2.21. The second-order valence-electron chi connectivity index (χ2n) is 3.98.